The number of nitrogens with zero attached hydrogens (tertiary/aromatic N) is 1. The third kappa shape index (κ3) is 3.84. The van der Waals surface area contributed by atoms with Gasteiger partial charge in [0.2, 0.25) is 0 Å². The number of amides is 1. The second-order valence-corrected chi connectivity index (χ2v) is 5.94. The van der Waals surface area contributed by atoms with Gasteiger partial charge in [-0.2, -0.15) is 0 Å². The van der Waals surface area contributed by atoms with E-state index in [0.717, 1.165) is 36.1 Å². The van der Waals surface area contributed by atoms with Crippen LogP contribution < -0.4 is 0 Å². The van der Waals surface area contributed by atoms with Crippen molar-refractivity contribution in [1.82, 2.24) is 4.90 Å². The molecule has 0 aromatic heterocycles. The molecule has 1 aromatic rings. The smallest absolute Gasteiger partial charge is 0.303 e. The topological polar surface area (TPSA) is 57.6 Å². The highest BCUT2D eigenvalue weighted by atomic mass is 16.4. The Morgan fingerprint density at radius 3 is 2.81 bits per heavy atom. The summed E-state index contributed by atoms with van der Waals surface area (Å²) in [6, 6.07) is 5.81. The fraction of sp³-hybridized carbons (Fsp3) is 0.529. The maximum Gasteiger partial charge on any atom is 0.303 e. The number of piperidine rings is 1. The number of hydrogen-bond acceptors (Lipinski definition) is 2. The fourth-order valence-corrected chi connectivity index (χ4v) is 2.97. The van der Waals surface area contributed by atoms with E-state index in [1.807, 2.05) is 36.9 Å². The van der Waals surface area contributed by atoms with Gasteiger partial charge in [-0.25, -0.2) is 0 Å². The summed E-state index contributed by atoms with van der Waals surface area (Å²) < 4.78 is 0. The van der Waals surface area contributed by atoms with Crippen molar-refractivity contribution in [3.05, 3.63) is 34.9 Å². The molecule has 114 valence electrons. The Kier molecular flexibility index (Phi) is 4.99. The molecule has 1 aliphatic heterocycles. The van der Waals surface area contributed by atoms with Crippen molar-refractivity contribution in [3.8, 4) is 0 Å². The van der Waals surface area contributed by atoms with Gasteiger partial charge >= 0.3 is 5.97 Å². The minimum atomic E-state index is -0.757. The molecule has 1 saturated heterocycles. The van der Waals surface area contributed by atoms with Gasteiger partial charge in [0.15, 0.2) is 0 Å². The molecule has 4 nitrogen and oxygen atoms in total. The van der Waals surface area contributed by atoms with Crippen molar-refractivity contribution in [2.24, 2.45) is 5.92 Å². The van der Waals surface area contributed by atoms with Crippen molar-refractivity contribution < 1.29 is 14.7 Å². The summed E-state index contributed by atoms with van der Waals surface area (Å²) >= 11 is 0. The molecule has 1 aliphatic rings. The van der Waals surface area contributed by atoms with Crippen LogP contribution in [0.3, 0.4) is 0 Å². The van der Waals surface area contributed by atoms with Gasteiger partial charge in [-0.05, 0) is 56.2 Å². The van der Waals surface area contributed by atoms with Crippen LogP contribution in [-0.2, 0) is 4.79 Å². The van der Waals surface area contributed by atoms with Crippen LogP contribution >= 0.6 is 0 Å². The zero-order valence-corrected chi connectivity index (χ0v) is 12.8. The summed E-state index contributed by atoms with van der Waals surface area (Å²) in [7, 11) is 0. The molecular formula is C17H23NO3. The molecule has 1 atom stereocenters. The van der Waals surface area contributed by atoms with E-state index >= 15 is 0 Å². The highest BCUT2D eigenvalue weighted by Gasteiger charge is 2.25. The van der Waals surface area contributed by atoms with E-state index < -0.39 is 5.97 Å². The largest absolute Gasteiger partial charge is 0.481 e. The number of benzene rings is 1. The third-order valence-corrected chi connectivity index (χ3v) is 4.41. The van der Waals surface area contributed by atoms with E-state index in [2.05, 4.69) is 0 Å². The number of hydrogen-bond donors (Lipinski definition) is 1. The van der Waals surface area contributed by atoms with Gasteiger partial charge in [0.25, 0.3) is 5.91 Å². The Bertz CT molecular complexity index is 539. The molecule has 1 unspecified atom stereocenters. The van der Waals surface area contributed by atoms with Crippen molar-refractivity contribution in [2.75, 3.05) is 13.1 Å². The van der Waals surface area contributed by atoms with E-state index in [-0.39, 0.29) is 12.3 Å². The summed E-state index contributed by atoms with van der Waals surface area (Å²) in [5.74, 6) is -0.367. The predicted octanol–water partition coefficient (Wildman–Crippen LogP) is 3.02. The van der Waals surface area contributed by atoms with Crippen molar-refractivity contribution in [1.29, 1.82) is 0 Å². The molecule has 1 aromatic carbocycles. The first-order chi connectivity index (χ1) is 9.99. The molecule has 0 saturated carbocycles. The van der Waals surface area contributed by atoms with Gasteiger partial charge in [0.05, 0.1) is 0 Å². The second-order valence-electron chi connectivity index (χ2n) is 5.94. The standard InChI is InChI=1S/C17H23NO3/c1-12-5-3-7-15(13(12)2)17(21)18-10-4-6-14(11-18)8-9-16(19)20/h3,5,7,14H,4,6,8-11H2,1-2H3,(H,19,20). The Morgan fingerprint density at radius 2 is 2.10 bits per heavy atom. The van der Waals surface area contributed by atoms with Gasteiger partial charge in [0, 0.05) is 25.1 Å². The Morgan fingerprint density at radius 1 is 1.33 bits per heavy atom. The van der Waals surface area contributed by atoms with Gasteiger partial charge < -0.3 is 10.0 Å². The Hall–Kier alpha value is -1.84. The van der Waals surface area contributed by atoms with Gasteiger partial charge in [-0.3, -0.25) is 9.59 Å². The number of likely N-dealkylation sites (tertiary alicyclic amines) is 1. The molecule has 2 rings (SSSR count). The number of rotatable bonds is 4. The first-order valence-electron chi connectivity index (χ1n) is 7.56. The molecule has 1 amide bonds. The number of aliphatic carboxylic acids is 1. The lowest BCUT2D eigenvalue weighted by atomic mass is 9.92. The van der Waals surface area contributed by atoms with Gasteiger partial charge in [-0.1, -0.05) is 12.1 Å². The molecule has 1 heterocycles. The molecule has 0 bridgehead atoms. The van der Waals surface area contributed by atoms with E-state index in [1.54, 1.807) is 0 Å². The number of carbonyl (C=O) groups is 2. The molecule has 1 fully saturated rings. The second kappa shape index (κ2) is 6.74. The minimum absolute atomic E-state index is 0.0798. The number of carboxylic acid groups (broad SMARTS) is 1. The van der Waals surface area contributed by atoms with Crippen molar-refractivity contribution >= 4 is 11.9 Å². The van der Waals surface area contributed by atoms with E-state index in [9.17, 15) is 9.59 Å². The zero-order chi connectivity index (χ0) is 15.4. The van der Waals surface area contributed by atoms with Crippen LogP contribution in [0, 0.1) is 19.8 Å². The van der Waals surface area contributed by atoms with Crippen LogP contribution in [0.4, 0.5) is 0 Å². The first-order valence-corrected chi connectivity index (χ1v) is 7.56. The lowest BCUT2D eigenvalue weighted by molar-refractivity contribution is -0.137. The maximum absolute atomic E-state index is 12.7. The number of carbonyl (C=O) groups excluding carboxylic acids is 1. The van der Waals surface area contributed by atoms with Gasteiger partial charge in [0.1, 0.15) is 0 Å². The molecule has 0 spiro atoms. The average Bonchev–Trinajstić information content (AvgIpc) is 2.47. The number of aryl methyl sites for hydroxylation is 1. The van der Waals surface area contributed by atoms with E-state index in [4.69, 9.17) is 5.11 Å². The Balaban J connectivity index is 2.05. The van der Waals surface area contributed by atoms with Crippen molar-refractivity contribution in [3.63, 3.8) is 0 Å². The summed E-state index contributed by atoms with van der Waals surface area (Å²) in [6.45, 7) is 5.45. The summed E-state index contributed by atoms with van der Waals surface area (Å²) in [6.07, 6.45) is 2.83. The quantitative estimate of drug-likeness (QED) is 0.927. The molecule has 0 radical (unpaired) electrons. The lowest BCUT2D eigenvalue weighted by Gasteiger charge is -2.33. The summed E-state index contributed by atoms with van der Waals surface area (Å²) in [4.78, 5) is 25.2. The van der Waals surface area contributed by atoms with Crippen LogP contribution in [0.1, 0.15) is 47.2 Å². The molecular weight excluding hydrogens is 266 g/mol. The molecule has 1 N–H and O–H groups in total. The highest BCUT2D eigenvalue weighted by Crippen LogP contribution is 2.23. The number of carboxylic acids is 1. The summed E-state index contributed by atoms with van der Waals surface area (Å²) in [5, 5.41) is 8.78. The van der Waals surface area contributed by atoms with Gasteiger partial charge in [-0.15, -0.1) is 0 Å². The zero-order valence-electron chi connectivity index (χ0n) is 12.8. The van der Waals surface area contributed by atoms with E-state index in [1.165, 1.54) is 0 Å². The lowest BCUT2D eigenvalue weighted by Crippen LogP contribution is -2.40. The molecule has 4 heteroatoms. The normalized spacial score (nSPS) is 18.6. The van der Waals surface area contributed by atoms with Crippen LogP contribution in [-0.4, -0.2) is 35.0 Å². The molecule has 21 heavy (non-hydrogen) atoms. The van der Waals surface area contributed by atoms with Crippen molar-refractivity contribution in [2.45, 2.75) is 39.5 Å². The van der Waals surface area contributed by atoms with Crippen LogP contribution in [0.5, 0.6) is 0 Å². The SMILES string of the molecule is Cc1cccc(C(=O)N2CCCC(CCC(=O)O)C2)c1C. The van der Waals surface area contributed by atoms with Crippen LogP contribution in [0.2, 0.25) is 0 Å². The highest BCUT2D eigenvalue weighted by molar-refractivity contribution is 5.96. The monoisotopic (exact) mass is 289 g/mol. The fourth-order valence-electron chi connectivity index (χ4n) is 2.97. The summed E-state index contributed by atoms with van der Waals surface area (Å²) in [5.41, 5.74) is 2.93. The van der Waals surface area contributed by atoms with Crippen LogP contribution in [0.15, 0.2) is 18.2 Å². The molecule has 0 aliphatic carbocycles. The Labute approximate surface area is 125 Å². The van der Waals surface area contributed by atoms with Crippen LogP contribution in [0.25, 0.3) is 0 Å². The van der Waals surface area contributed by atoms with E-state index in [0.29, 0.717) is 18.9 Å². The minimum Gasteiger partial charge on any atom is -0.481 e. The third-order valence-electron chi connectivity index (χ3n) is 4.41. The average molecular weight is 289 g/mol. The predicted molar refractivity (Wildman–Crippen MR) is 81.4 cm³/mol. The first kappa shape index (κ1) is 15.5. The maximum atomic E-state index is 12.7.